The van der Waals surface area contributed by atoms with Crippen LogP contribution in [0.25, 0.3) is 9.60 Å². The van der Waals surface area contributed by atoms with E-state index in [0.29, 0.717) is 9.60 Å². The summed E-state index contributed by atoms with van der Waals surface area (Å²) in [7, 11) is 0. The lowest BCUT2D eigenvalue weighted by Crippen LogP contribution is -1.88. The number of thiophene rings is 1. The molecule has 40 valence electrons. The Morgan fingerprint density at radius 1 is 1.50 bits per heavy atom. The molecule has 0 radical (unpaired) electrons. The van der Waals surface area contributed by atoms with Crippen molar-refractivity contribution in [2.75, 3.05) is 0 Å². The molecule has 0 N–H and O–H groups in total. The van der Waals surface area contributed by atoms with E-state index in [2.05, 4.69) is 4.42 Å². The van der Waals surface area contributed by atoms with Crippen molar-refractivity contribution in [3.8, 4) is 0 Å². The van der Waals surface area contributed by atoms with Gasteiger partial charge in [0.15, 0.2) is 4.90 Å². The van der Waals surface area contributed by atoms with Gasteiger partial charge in [0.25, 0.3) is 0 Å². The minimum absolute atomic E-state index is 0.201. The Morgan fingerprint density at radius 2 is 2.38 bits per heavy atom. The summed E-state index contributed by atoms with van der Waals surface area (Å²) in [5.41, 5.74) is -0.201. The van der Waals surface area contributed by atoms with E-state index in [1.165, 1.54) is 11.3 Å². The highest BCUT2D eigenvalue weighted by Crippen LogP contribution is 2.17. The summed E-state index contributed by atoms with van der Waals surface area (Å²) >= 11 is 1.39. The second kappa shape index (κ2) is 1.11. The second-order valence-electron chi connectivity index (χ2n) is 1.51. The van der Waals surface area contributed by atoms with Gasteiger partial charge in [-0.25, -0.2) is 4.79 Å². The van der Waals surface area contributed by atoms with Crippen molar-refractivity contribution < 1.29 is 4.42 Å². The summed E-state index contributed by atoms with van der Waals surface area (Å²) in [6, 6.07) is 3.56. The standard InChI is InChI=1S/C5H2O2S/c6-5-3-1-2-4(7-5)8-3/h1-2H. The zero-order chi connectivity index (χ0) is 5.56. The smallest absolute Gasteiger partial charge is 0.354 e. The lowest BCUT2D eigenvalue weighted by Gasteiger charge is -1.68. The maximum Gasteiger partial charge on any atom is 0.354 e. The fraction of sp³-hybridized carbons (Fsp3) is 0. The maximum absolute atomic E-state index is 10.5. The summed E-state index contributed by atoms with van der Waals surface area (Å²) in [6.07, 6.45) is 0. The molecule has 2 aromatic heterocycles. The Kier molecular flexibility index (Phi) is 0.569. The van der Waals surface area contributed by atoms with Crippen LogP contribution in [0.1, 0.15) is 0 Å². The fourth-order valence-corrected chi connectivity index (χ4v) is 1.36. The molecule has 0 fully saturated rings. The van der Waals surface area contributed by atoms with Gasteiger partial charge in [0.1, 0.15) is 4.70 Å². The van der Waals surface area contributed by atoms with E-state index in [-0.39, 0.29) is 5.63 Å². The van der Waals surface area contributed by atoms with Crippen LogP contribution in [0.3, 0.4) is 0 Å². The lowest BCUT2D eigenvalue weighted by atomic mass is 10.5. The zero-order valence-corrected chi connectivity index (χ0v) is 4.70. The van der Waals surface area contributed by atoms with Gasteiger partial charge in [0.2, 0.25) is 0 Å². The van der Waals surface area contributed by atoms with Gasteiger partial charge in [0, 0.05) is 0 Å². The lowest BCUT2D eigenvalue weighted by molar-refractivity contribution is 0.578. The van der Waals surface area contributed by atoms with Crippen LogP contribution in [0.15, 0.2) is 21.3 Å². The molecule has 0 atom stereocenters. The molecular formula is C5H2O2S. The Labute approximate surface area is 48.7 Å². The molecule has 0 aromatic carbocycles. The predicted octanol–water partition coefficient (Wildman–Crippen LogP) is 1.29. The molecule has 0 saturated carbocycles. The molecule has 0 saturated heterocycles. The molecule has 0 aliphatic carbocycles. The molecule has 2 aromatic rings. The fourth-order valence-electron chi connectivity index (χ4n) is 0.626. The minimum atomic E-state index is -0.201. The van der Waals surface area contributed by atoms with Crippen LogP contribution < -0.4 is 5.63 Å². The molecule has 2 heterocycles. The SMILES string of the molecule is O=c1oc2ccc1s2. The third-order valence-corrected chi connectivity index (χ3v) is 1.92. The quantitative estimate of drug-likeness (QED) is 0.532. The topological polar surface area (TPSA) is 30.2 Å². The van der Waals surface area contributed by atoms with Crippen molar-refractivity contribution in [1.29, 1.82) is 0 Å². The van der Waals surface area contributed by atoms with Crippen LogP contribution in [-0.4, -0.2) is 0 Å². The van der Waals surface area contributed by atoms with Gasteiger partial charge in [-0.1, -0.05) is 11.3 Å². The van der Waals surface area contributed by atoms with Crippen molar-refractivity contribution in [1.82, 2.24) is 0 Å². The van der Waals surface area contributed by atoms with Gasteiger partial charge in [-0.15, -0.1) is 0 Å². The first-order valence-electron chi connectivity index (χ1n) is 2.18. The predicted molar refractivity (Wildman–Crippen MR) is 31.5 cm³/mol. The molecule has 8 heavy (non-hydrogen) atoms. The second-order valence-corrected chi connectivity index (χ2v) is 2.55. The molecule has 0 unspecified atom stereocenters. The Bertz CT molecular complexity index is 332. The van der Waals surface area contributed by atoms with Gasteiger partial charge in [-0.3, -0.25) is 0 Å². The summed E-state index contributed by atoms with van der Waals surface area (Å²) in [4.78, 5) is 11.2. The summed E-state index contributed by atoms with van der Waals surface area (Å²) in [5.74, 6) is 0. The van der Waals surface area contributed by atoms with E-state index in [1.54, 1.807) is 12.1 Å². The monoisotopic (exact) mass is 126 g/mol. The van der Waals surface area contributed by atoms with Crippen LogP contribution >= 0.6 is 11.3 Å². The molecule has 0 spiro atoms. The van der Waals surface area contributed by atoms with Crippen LogP contribution in [-0.2, 0) is 0 Å². The molecule has 2 nitrogen and oxygen atoms in total. The number of hydrogen-bond acceptors (Lipinski definition) is 3. The maximum atomic E-state index is 10.5. The molecule has 0 amide bonds. The van der Waals surface area contributed by atoms with Crippen LogP contribution in [0, 0.1) is 0 Å². The van der Waals surface area contributed by atoms with E-state index in [0.717, 1.165) is 0 Å². The van der Waals surface area contributed by atoms with Gasteiger partial charge < -0.3 is 4.42 Å². The first-order valence-corrected chi connectivity index (χ1v) is 3.00. The largest absolute Gasteiger partial charge is 0.411 e. The minimum Gasteiger partial charge on any atom is -0.411 e. The van der Waals surface area contributed by atoms with Crippen molar-refractivity contribution in [2.45, 2.75) is 0 Å². The molecular weight excluding hydrogens is 124 g/mol. The summed E-state index contributed by atoms with van der Waals surface area (Å²) in [5, 5.41) is 0. The highest BCUT2D eigenvalue weighted by Gasteiger charge is 2.01. The number of rotatable bonds is 0. The highest BCUT2D eigenvalue weighted by molar-refractivity contribution is 7.23. The van der Waals surface area contributed by atoms with E-state index in [1.807, 2.05) is 0 Å². The number of hydrogen-bond donors (Lipinski definition) is 0. The molecule has 2 rings (SSSR count). The Morgan fingerprint density at radius 3 is 2.62 bits per heavy atom. The van der Waals surface area contributed by atoms with Gasteiger partial charge in [-0.05, 0) is 12.1 Å². The average Bonchev–Trinajstić information content (AvgIpc) is 2.23. The normalized spacial score (nSPS) is 11.0. The summed E-state index contributed by atoms with van der Waals surface area (Å²) in [6.45, 7) is 0. The molecule has 3 heteroatoms. The third kappa shape index (κ3) is 0.344. The van der Waals surface area contributed by atoms with E-state index >= 15 is 0 Å². The number of fused-ring (bicyclic) bond motifs is 2. The highest BCUT2D eigenvalue weighted by atomic mass is 32.1. The van der Waals surface area contributed by atoms with Gasteiger partial charge >= 0.3 is 5.63 Å². The molecule has 0 aliphatic heterocycles. The first kappa shape index (κ1) is 4.09. The molecule has 0 aliphatic rings. The zero-order valence-electron chi connectivity index (χ0n) is 3.88. The van der Waals surface area contributed by atoms with E-state index in [9.17, 15) is 4.79 Å². The third-order valence-electron chi connectivity index (χ3n) is 0.976. The average molecular weight is 126 g/mol. The van der Waals surface area contributed by atoms with Crippen LogP contribution in [0.2, 0.25) is 0 Å². The van der Waals surface area contributed by atoms with Crippen LogP contribution in [0.4, 0.5) is 0 Å². The van der Waals surface area contributed by atoms with Crippen molar-refractivity contribution in [3.63, 3.8) is 0 Å². The van der Waals surface area contributed by atoms with E-state index in [4.69, 9.17) is 0 Å². The first-order chi connectivity index (χ1) is 3.86. The van der Waals surface area contributed by atoms with Crippen molar-refractivity contribution >= 4 is 20.9 Å². The van der Waals surface area contributed by atoms with Crippen molar-refractivity contribution in [2.24, 2.45) is 0 Å². The Balaban J connectivity index is 3.24. The molecule has 2 bridgehead atoms. The van der Waals surface area contributed by atoms with Crippen molar-refractivity contribution in [3.05, 3.63) is 22.6 Å². The van der Waals surface area contributed by atoms with Gasteiger partial charge in [-0.2, -0.15) is 0 Å². The summed E-state index contributed by atoms with van der Waals surface area (Å²) < 4.78 is 5.39. The Hall–Kier alpha value is -0.830. The van der Waals surface area contributed by atoms with Gasteiger partial charge in [0.05, 0.1) is 0 Å². The van der Waals surface area contributed by atoms with Crippen LogP contribution in [0.5, 0.6) is 0 Å². The van der Waals surface area contributed by atoms with E-state index < -0.39 is 0 Å².